The van der Waals surface area contributed by atoms with Crippen LogP contribution in [0.3, 0.4) is 0 Å². The molecule has 0 fully saturated rings. The summed E-state index contributed by atoms with van der Waals surface area (Å²) in [5.41, 5.74) is 2.11. The van der Waals surface area contributed by atoms with Crippen molar-refractivity contribution in [3.05, 3.63) is 30.1 Å². The van der Waals surface area contributed by atoms with Gasteiger partial charge in [-0.3, -0.25) is 0 Å². The van der Waals surface area contributed by atoms with E-state index in [1.54, 1.807) is 0 Å². The van der Waals surface area contributed by atoms with E-state index in [4.69, 9.17) is 9.47 Å². The van der Waals surface area contributed by atoms with Crippen LogP contribution in [-0.4, -0.2) is 22.8 Å². The van der Waals surface area contributed by atoms with E-state index in [0.29, 0.717) is 13.2 Å². The summed E-state index contributed by atoms with van der Waals surface area (Å²) in [7, 11) is 0. The summed E-state index contributed by atoms with van der Waals surface area (Å²) in [6, 6.07) is 8.11. The smallest absolute Gasteiger partial charge is 0.217 e. The Morgan fingerprint density at radius 3 is 2.39 bits per heavy atom. The molecule has 0 bridgehead atoms. The van der Waals surface area contributed by atoms with E-state index in [9.17, 15) is 0 Å². The maximum Gasteiger partial charge on any atom is 0.217 e. The van der Waals surface area contributed by atoms with E-state index in [1.165, 1.54) is 0 Å². The number of fused-ring (bicyclic) bond motifs is 1. The van der Waals surface area contributed by atoms with E-state index in [2.05, 4.69) is 22.5 Å². The summed E-state index contributed by atoms with van der Waals surface area (Å²) in [4.78, 5) is 4.63. The predicted molar refractivity (Wildman–Crippen MR) is 71.4 cm³/mol. The Bertz CT molecular complexity index is 501. The zero-order valence-electron chi connectivity index (χ0n) is 11.2. The number of benzene rings is 1. The molecule has 0 spiro atoms. The maximum atomic E-state index is 5.63. The van der Waals surface area contributed by atoms with Gasteiger partial charge in [-0.05, 0) is 32.9 Å². The van der Waals surface area contributed by atoms with Crippen molar-refractivity contribution in [3.63, 3.8) is 0 Å². The van der Waals surface area contributed by atoms with Crippen LogP contribution < -0.4 is 0 Å². The summed E-state index contributed by atoms with van der Waals surface area (Å²) in [5, 5.41) is 0. The number of aromatic nitrogens is 2. The topological polar surface area (TPSA) is 36.3 Å². The van der Waals surface area contributed by atoms with Crippen molar-refractivity contribution in [1.82, 2.24) is 9.55 Å². The summed E-state index contributed by atoms with van der Waals surface area (Å²) in [6.07, 6.45) is -0.382. The molecule has 1 aromatic carbocycles. The molecule has 2 aromatic rings. The number of para-hydroxylation sites is 2. The highest BCUT2D eigenvalue weighted by Crippen LogP contribution is 2.23. The molecular weight excluding hydrogens is 228 g/mol. The number of rotatable bonds is 6. The van der Waals surface area contributed by atoms with Gasteiger partial charge in [0.1, 0.15) is 0 Å². The fourth-order valence-corrected chi connectivity index (χ4v) is 2.11. The molecule has 0 unspecified atom stereocenters. The minimum atomic E-state index is -0.382. The van der Waals surface area contributed by atoms with Gasteiger partial charge in [-0.1, -0.05) is 12.1 Å². The molecule has 4 heteroatoms. The van der Waals surface area contributed by atoms with E-state index in [1.807, 2.05) is 32.0 Å². The van der Waals surface area contributed by atoms with Gasteiger partial charge in [-0.15, -0.1) is 0 Å². The molecule has 1 aromatic heterocycles. The molecule has 0 radical (unpaired) electrons. The molecule has 1 heterocycles. The van der Waals surface area contributed by atoms with Gasteiger partial charge in [0.25, 0.3) is 0 Å². The summed E-state index contributed by atoms with van der Waals surface area (Å²) < 4.78 is 13.4. The van der Waals surface area contributed by atoms with Gasteiger partial charge in [-0.25, -0.2) is 4.98 Å². The second-order valence-corrected chi connectivity index (χ2v) is 3.95. The standard InChI is InChI=1S/C14H20N2O2/c1-4-16-12-10-8-7-9-11(12)15-13(16)14(17-5-2)18-6-3/h7-10,14H,4-6H2,1-3H3. The second-order valence-electron chi connectivity index (χ2n) is 3.95. The molecule has 18 heavy (non-hydrogen) atoms. The highest BCUT2D eigenvalue weighted by molar-refractivity contribution is 5.75. The molecule has 0 atom stereocenters. The van der Waals surface area contributed by atoms with Gasteiger partial charge in [0.05, 0.1) is 11.0 Å². The average molecular weight is 248 g/mol. The SMILES string of the molecule is CCOC(OCC)c1nc2ccccc2n1CC. The minimum Gasteiger partial charge on any atom is -0.346 e. The van der Waals surface area contributed by atoms with Crippen LogP contribution in [0.2, 0.25) is 0 Å². The van der Waals surface area contributed by atoms with Crippen molar-refractivity contribution < 1.29 is 9.47 Å². The van der Waals surface area contributed by atoms with Gasteiger partial charge in [0.15, 0.2) is 5.82 Å². The number of imidazole rings is 1. The Labute approximate surface area is 108 Å². The van der Waals surface area contributed by atoms with Crippen molar-refractivity contribution >= 4 is 11.0 Å². The van der Waals surface area contributed by atoms with Crippen molar-refractivity contribution in [2.45, 2.75) is 33.6 Å². The Morgan fingerprint density at radius 2 is 1.78 bits per heavy atom. The Balaban J connectivity index is 2.47. The molecular formula is C14H20N2O2. The Kier molecular flexibility index (Phi) is 4.33. The lowest BCUT2D eigenvalue weighted by atomic mass is 10.3. The first-order chi connectivity index (χ1) is 8.81. The fraction of sp³-hybridized carbons (Fsp3) is 0.500. The van der Waals surface area contributed by atoms with Gasteiger partial charge < -0.3 is 14.0 Å². The second kappa shape index (κ2) is 5.98. The summed E-state index contributed by atoms with van der Waals surface area (Å²) in [5.74, 6) is 0.849. The molecule has 0 aliphatic carbocycles. The lowest BCUT2D eigenvalue weighted by molar-refractivity contribution is -0.146. The molecule has 4 nitrogen and oxygen atoms in total. The molecule has 0 amide bonds. The summed E-state index contributed by atoms with van der Waals surface area (Å²) in [6.45, 7) is 8.10. The first-order valence-electron chi connectivity index (χ1n) is 6.50. The first-order valence-corrected chi connectivity index (χ1v) is 6.50. The fourth-order valence-electron chi connectivity index (χ4n) is 2.11. The number of nitrogens with zero attached hydrogens (tertiary/aromatic N) is 2. The molecule has 0 aliphatic rings. The molecule has 0 saturated heterocycles. The van der Waals surface area contributed by atoms with Gasteiger partial charge in [0, 0.05) is 19.8 Å². The zero-order chi connectivity index (χ0) is 13.0. The quantitative estimate of drug-likeness (QED) is 0.737. The third kappa shape index (κ3) is 2.40. The molecule has 0 aliphatic heterocycles. The summed E-state index contributed by atoms with van der Waals surface area (Å²) >= 11 is 0. The molecule has 2 rings (SSSR count). The minimum absolute atomic E-state index is 0.382. The van der Waals surface area contributed by atoms with Crippen molar-refractivity contribution in [3.8, 4) is 0 Å². The van der Waals surface area contributed by atoms with Crippen molar-refractivity contribution in [2.24, 2.45) is 0 Å². The molecule has 0 N–H and O–H groups in total. The third-order valence-corrected chi connectivity index (χ3v) is 2.85. The van der Waals surface area contributed by atoms with Crippen LogP contribution in [0.4, 0.5) is 0 Å². The van der Waals surface area contributed by atoms with Crippen LogP contribution in [-0.2, 0) is 16.0 Å². The lowest BCUT2D eigenvalue weighted by Crippen LogP contribution is -2.15. The van der Waals surface area contributed by atoms with E-state index in [-0.39, 0.29) is 6.29 Å². The number of aryl methyl sites for hydroxylation is 1. The zero-order valence-corrected chi connectivity index (χ0v) is 11.2. The van der Waals surface area contributed by atoms with Gasteiger partial charge in [0.2, 0.25) is 6.29 Å². The monoisotopic (exact) mass is 248 g/mol. The van der Waals surface area contributed by atoms with E-state index < -0.39 is 0 Å². The lowest BCUT2D eigenvalue weighted by Gasteiger charge is -2.17. The maximum absolute atomic E-state index is 5.63. The normalized spacial score (nSPS) is 11.6. The van der Waals surface area contributed by atoms with Crippen molar-refractivity contribution in [2.75, 3.05) is 13.2 Å². The molecule has 98 valence electrons. The number of hydrogen-bond acceptors (Lipinski definition) is 3. The van der Waals surface area contributed by atoms with Crippen molar-refractivity contribution in [1.29, 1.82) is 0 Å². The van der Waals surface area contributed by atoms with Crippen LogP contribution in [0.5, 0.6) is 0 Å². The van der Waals surface area contributed by atoms with Crippen LogP contribution >= 0.6 is 0 Å². The van der Waals surface area contributed by atoms with Crippen LogP contribution in [0.15, 0.2) is 24.3 Å². The number of hydrogen-bond donors (Lipinski definition) is 0. The van der Waals surface area contributed by atoms with E-state index in [0.717, 1.165) is 23.4 Å². The van der Waals surface area contributed by atoms with Gasteiger partial charge in [-0.2, -0.15) is 0 Å². The van der Waals surface area contributed by atoms with Crippen LogP contribution in [0.1, 0.15) is 32.9 Å². The Hall–Kier alpha value is -1.39. The largest absolute Gasteiger partial charge is 0.346 e. The van der Waals surface area contributed by atoms with E-state index >= 15 is 0 Å². The highest BCUT2D eigenvalue weighted by Gasteiger charge is 2.19. The highest BCUT2D eigenvalue weighted by atomic mass is 16.7. The first kappa shape index (κ1) is 13.1. The predicted octanol–water partition coefficient (Wildman–Crippen LogP) is 3.13. The number of ether oxygens (including phenoxy) is 2. The Morgan fingerprint density at radius 1 is 1.11 bits per heavy atom. The average Bonchev–Trinajstić information content (AvgIpc) is 2.76. The third-order valence-electron chi connectivity index (χ3n) is 2.85. The molecule has 0 saturated carbocycles. The van der Waals surface area contributed by atoms with Crippen LogP contribution in [0.25, 0.3) is 11.0 Å². The van der Waals surface area contributed by atoms with Gasteiger partial charge >= 0.3 is 0 Å². The van der Waals surface area contributed by atoms with Crippen LogP contribution in [0, 0.1) is 0 Å².